The molecular weight excluding hydrogens is 442 g/mol. The van der Waals surface area contributed by atoms with Crippen molar-refractivity contribution in [3.63, 3.8) is 0 Å². The number of piperidine rings is 1. The highest BCUT2D eigenvalue weighted by atomic mass is 32.2. The minimum atomic E-state index is -0.959. The maximum absolute atomic E-state index is 13.4. The minimum absolute atomic E-state index is 0.134. The van der Waals surface area contributed by atoms with Crippen LogP contribution >= 0.6 is 11.8 Å². The third kappa shape index (κ3) is 4.48. The molecule has 0 aliphatic carbocycles. The van der Waals surface area contributed by atoms with Crippen molar-refractivity contribution in [1.82, 2.24) is 4.90 Å². The summed E-state index contributed by atoms with van der Waals surface area (Å²) in [5.41, 5.74) is 8.49. The van der Waals surface area contributed by atoms with Crippen molar-refractivity contribution in [3.05, 3.63) is 53.1 Å². The van der Waals surface area contributed by atoms with Gasteiger partial charge in [-0.15, -0.1) is 11.8 Å². The third-order valence-corrected chi connectivity index (χ3v) is 7.19. The van der Waals surface area contributed by atoms with E-state index in [9.17, 15) is 14.4 Å². The van der Waals surface area contributed by atoms with Crippen molar-refractivity contribution >= 4 is 35.0 Å². The SMILES string of the molecule is CSc1ccc(C(=O)N2CCC3(CC2)COc2ccc(CN)cc23)c(NC(=O)C(=O)CO)c1. The van der Waals surface area contributed by atoms with Gasteiger partial charge in [0.2, 0.25) is 5.78 Å². The van der Waals surface area contributed by atoms with Gasteiger partial charge in [0.25, 0.3) is 11.8 Å². The van der Waals surface area contributed by atoms with Gasteiger partial charge in [-0.3, -0.25) is 14.4 Å². The second-order valence-corrected chi connectivity index (χ2v) is 9.22. The van der Waals surface area contributed by atoms with Crippen LogP contribution in [0.25, 0.3) is 0 Å². The molecule has 174 valence electrons. The number of hydrogen-bond acceptors (Lipinski definition) is 7. The van der Waals surface area contributed by atoms with Gasteiger partial charge in [0.1, 0.15) is 12.4 Å². The predicted octanol–water partition coefficient (Wildman–Crippen LogP) is 1.93. The van der Waals surface area contributed by atoms with Crippen LogP contribution < -0.4 is 15.8 Å². The van der Waals surface area contributed by atoms with Crippen LogP contribution in [0.3, 0.4) is 0 Å². The fourth-order valence-corrected chi connectivity index (χ4v) is 4.90. The van der Waals surface area contributed by atoms with Gasteiger partial charge < -0.3 is 25.8 Å². The monoisotopic (exact) mass is 469 g/mol. The van der Waals surface area contributed by atoms with Gasteiger partial charge in [0.15, 0.2) is 0 Å². The Balaban J connectivity index is 1.53. The molecule has 4 N–H and O–H groups in total. The number of nitrogens with two attached hydrogens (primary N) is 1. The molecule has 2 amide bonds. The third-order valence-electron chi connectivity index (χ3n) is 6.46. The van der Waals surface area contributed by atoms with Crippen molar-refractivity contribution in [1.29, 1.82) is 0 Å². The molecule has 2 aromatic rings. The number of carbonyl (C=O) groups is 3. The first kappa shape index (κ1) is 23.3. The van der Waals surface area contributed by atoms with E-state index in [1.54, 1.807) is 17.0 Å². The molecule has 9 heteroatoms. The molecule has 4 rings (SSSR count). The Morgan fingerprint density at radius 3 is 2.61 bits per heavy atom. The lowest BCUT2D eigenvalue weighted by atomic mass is 9.74. The van der Waals surface area contributed by atoms with E-state index < -0.39 is 18.3 Å². The Morgan fingerprint density at radius 1 is 1.18 bits per heavy atom. The number of carbonyl (C=O) groups excluding carboxylic acids is 3. The largest absolute Gasteiger partial charge is 0.492 e. The lowest BCUT2D eigenvalue weighted by Gasteiger charge is -2.38. The van der Waals surface area contributed by atoms with E-state index in [2.05, 4.69) is 11.4 Å². The maximum Gasteiger partial charge on any atom is 0.294 e. The van der Waals surface area contributed by atoms with E-state index in [0.717, 1.165) is 34.6 Å². The number of amides is 2. The molecule has 0 unspecified atom stereocenters. The average Bonchev–Trinajstić information content (AvgIpc) is 3.20. The fourth-order valence-electron chi connectivity index (χ4n) is 4.46. The zero-order valence-electron chi connectivity index (χ0n) is 18.4. The Bertz CT molecular complexity index is 1100. The lowest BCUT2D eigenvalue weighted by molar-refractivity contribution is -0.136. The number of benzene rings is 2. The van der Waals surface area contributed by atoms with E-state index in [1.165, 1.54) is 11.8 Å². The van der Waals surface area contributed by atoms with E-state index in [0.29, 0.717) is 31.8 Å². The van der Waals surface area contributed by atoms with E-state index in [4.69, 9.17) is 15.6 Å². The molecule has 0 atom stereocenters. The number of thioether (sulfide) groups is 1. The molecular formula is C24H27N3O5S. The zero-order valence-corrected chi connectivity index (χ0v) is 19.2. The molecule has 2 heterocycles. The maximum atomic E-state index is 13.4. The topological polar surface area (TPSA) is 122 Å². The number of nitrogens with zero attached hydrogens (tertiary/aromatic N) is 1. The molecule has 0 saturated carbocycles. The van der Waals surface area contributed by atoms with Crippen LogP contribution in [0.4, 0.5) is 5.69 Å². The number of aliphatic hydroxyl groups excluding tert-OH is 1. The van der Waals surface area contributed by atoms with Gasteiger partial charge in [0, 0.05) is 35.5 Å². The number of Topliss-reactive ketones (excluding diaryl/α,β-unsaturated/α-hetero) is 1. The normalized spacial score (nSPS) is 16.3. The summed E-state index contributed by atoms with van der Waals surface area (Å²) >= 11 is 1.46. The standard InChI is InChI=1S/C24H27N3O5S/c1-33-16-3-4-17(19(11-16)26-22(30)20(29)13-28)23(31)27-8-6-24(7-9-27)14-32-21-5-2-15(12-25)10-18(21)24/h2-5,10-11,28H,6-9,12-14,25H2,1H3,(H,26,30). The van der Waals surface area contributed by atoms with Crippen LogP contribution in [-0.2, 0) is 21.5 Å². The summed E-state index contributed by atoms with van der Waals surface area (Å²) in [6, 6.07) is 11.2. The second-order valence-electron chi connectivity index (χ2n) is 8.34. The van der Waals surface area contributed by atoms with Crippen molar-refractivity contribution in [2.24, 2.45) is 5.73 Å². The van der Waals surface area contributed by atoms with Crippen LogP contribution in [-0.4, -0.2) is 60.2 Å². The molecule has 2 aromatic carbocycles. The van der Waals surface area contributed by atoms with Gasteiger partial charge in [0.05, 0.1) is 17.9 Å². The van der Waals surface area contributed by atoms with Gasteiger partial charge in [-0.2, -0.15) is 0 Å². The van der Waals surface area contributed by atoms with E-state index in [1.807, 2.05) is 24.5 Å². The number of ketones is 1. The Labute approximate surface area is 196 Å². The summed E-state index contributed by atoms with van der Waals surface area (Å²) in [6.07, 6.45) is 3.39. The number of rotatable bonds is 6. The van der Waals surface area contributed by atoms with Crippen molar-refractivity contribution in [2.45, 2.75) is 29.7 Å². The van der Waals surface area contributed by atoms with Crippen molar-refractivity contribution in [2.75, 3.05) is 37.9 Å². The Hall–Kier alpha value is -2.88. The number of hydrogen-bond donors (Lipinski definition) is 3. The molecule has 0 radical (unpaired) electrons. The summed E-state index contributed by atoms with van der Waals surface area (Å²) in [4.78, 5) is 39.6. The predicted molar refractivity (Wildman–Crippen MR) is 126 cm³/mol. The molecule has 2 aliphatic heterocycles. The van der Waals surface area contributed by atoms with Crippen molar-refractivity contribution in [3.8, 4) is 5.75 Å². The summed E-state index contributed by atoms with van der Waals surface area (Å²) < 4.78 is 5.95. The number of aliphatic hydroxyl groups is 1. The minimum Gasteiger partial charge on any atom is -0.492 e. The average molecular weight is 470 g/mol. The van der Waals surface area contributed by atoms with Crippen LogP contribution in [0.5, 0.6) is 5.75 Å². The van der Waals surface area contributed by atoms with E-state index in [-0.39, 0.29) is 17.0 Å². The highest BCUT2D eigenvalue weighted by molar-refractivity contribution is 7.98. The highest BCUT2D eigenvalue weighted by Crippen LogP contribution is 2.46. The Morgan fingerprint density at radius 2 is 1.94 bits per heavy atom. The molecule has 1 fully saturated rings. The fraction of sp³-hybridized carbons (Fsp3) is 0.375. The van der Waals surface area contributed by atoms with Gasteiger partial charge in [-0.25, -0.2) is 0 Å². The number of ether oxygens (including phenoxy) is 1. The van der Waals surface area contributed by atoms with Crippen LogP contribution in [0, 0.1) is 0 Å². The molecule has 33 heavy (non-hydrogen) atoms. The lowest BCUT2D eigenvalue weighted by Crippen LogP contribution is -2.46. The van der Waals surface area contributed by atoms with E-state index >= 15 is 0 Å². The molecule has 8 nitrogen and oxygen atoms in total. The zero-order chi connectivity index (χ0) is 23.6. The van der Waals surface area contributed by atoms with Crippen LogP contribution in [0.15, 0.2) is 41.3 Å². The quantitative estimate of drug-likeness (QED) is 0.437. The molecule has 0 bridgehead atoms. The summed E-state index contributed by atoms with van der Waals surface area (Å²) in [6.45, 7) is 1.25. The van der Waals surface area contributed by atoms with Gasteiger partial charge >= 0.3 is 0 Å². The number of fused-ring (bicyclic) bond motifs is 2. The summed E-state index contributed by atoms with van der Waals surface area (Å²) in [5.74, 6) is -1.23. The molecule has 1 spiro atoms. The number of anilines is 1. The number of likely N-dealkylation sites (tertiary alicyclic amines) is 1. The van der Waals surface area contributed by atoms with Gasteiger partial charge in [-0.1, -0.05) is 12.1 Å². The number of nitrogens with one attached hydrogen (secondary N) is 1. The van der Waals surface area contributed by atoms with Gasteiger partial charge in [-0.05, 0) is 48.9 Å². The molecule has 1 saturated heterocycles. The first-order valence-electron chi connectivity index (χ1n) is 10.8. The first-order chi connectivity index (χ1) is 15.9. The summed E-state index contributed by atoms with van der Waals surface area (Å²) in [5, 5.41) is 11.5. The molecule has 0 aromatic heterocycles. The first-order valence-corrected chi connectivity index (χ1v) is 12.0. The highest BCUT2D eigenvalue weighted by Gasteiger charge is 2.44. The smallest absolute Gasteiger partial charge is 0.294 e. The Kier molecular flexibility index (Phi) is 6.73. The van der Waals surface area contributed by atoms with Crippen LogP contribution in [0.1, 0.15) is 34.3 Å². The van der Waals surface area contributed by atoms with Crippen LogP contribution in [0.2, 0.25) is 0 Å². The summed E-state index contributed by atoms with van der Waals surface area (Å²) in [7, 11) is 0. The van der Waals surface area contributed by atoms with Crippen molar-refractivity contribution < 1.29 is 24.2 Å². The molecule has 2 aliphatic rings. The second kappa shape index (κ2) is 9.54.